The second-order valence-corrected chi connectivity index (χ2v) is 6.93. The number of hydrogen-bond acceptors (Lipinski definition) is 2. The highest BCUT2D eigenvalue weighted by Gasteiger charge is 2.48. The number of alkyl halides is 3. The molecule has 2 aliphatic rings. The fourth-order valence-corrected chi connectivity index (χ4v) is 3.62. The van der Waals surface area contributed by atoms with E-state index in [1.54, 1.807) is 0 Å². The Bertz CT molecular complexity index is 316. The molecule has 0 spiro atoms. The zero-order valence-electron chi connectivity index (χ0n) is 12.5. The van der Waals surface area contributed by atoms with Crippen LogP contribution in [0.2, 0.25) is 0 Å². The lowest BCUT2D eigenvalue weighted by molar-refractivity contribution is -0.189. The van der Waals surface area contributed by atoms with Gasteiger partial charge in [0.1, 0.15) is 0 Å². The molecule has 2 aliphatic carbocycles. The molecule has 0 radical (unpaired) electrons. The summed E-state index contributed by atoms with van der Waals surface area (Å²) in [5.41, 5.74) is 5.79. The maximum atomic E-state index is 12.8. The second kappa shape index (κ2) is 5.84. The smallest absolute Gasteiger partial charge is 0.329 e. The Labute approximate surface area is 119 Å². The number of nitrogens with two attached hydrogens (primary N) is 1. The van der Waals surface area contributed by atoms with Gasteiger partial charge in [-0.2, -0.15) is 13.2 Å². The van der Waals surface area contributed by atoms with Crippen LogP contribution in [0.5, 0.6) is 0 Å². The molecule has 2 N–H and O–H groups in total. The first-order valence-electron chi connectivity index (χ1n) is 7.82. The van der Waals surface area contributed by atoms with Crippen molar-refractivity contribution in [2.45, 2.75) is 70.1 Å². The minimum absolute atomic E-state index is 0.210. The van der Waals surface area contributed by atoms with Crippen molar-refractivity contribution in [3.8, 4) is 0 Å². The van der Waals surface area contributed by atoms with Crippen molar-refractivity contribution >= 4 is 0 Å². The van der Waals surface area contributed by atoms with Crippen LogP contribution in [-0.4, -0.2) is 35.7 Å². The molecule has 2 nitrogen and oxygen atoms in total. The van der Waals surface area contributed by atoms with Crippen molar-refractivity contribution in [2.24, 2.45) is 17.6 Å². The average molecular weight is 292 g/mol. The average Bonchev–Trinajstić information content (AvgIpc) is 3.18. The van der Waals surface area contributed by atoms with Crippen molar-refractivity contribution in [1.29, 1.82) is 0 Å². The van der Waals surface area contributed by atoms with Gasteiger partial charge in [-0.25, -0.2) is 0 Å². The van der Waals surface area contributed by atoms with E-state index in [1.807, 2.05) is 0 Å². The molecule has 0 aromatic rings. The van der Waals surface area contributed by atoms with Gasteiger partial charge in [-0.05, 0) is 58.3 Å². The van der Waals surface area contributed by atoms with Crippen LogP contribution in [0.15, 0.2) is 0 Å². The van der Waals surface area contributed by atoms with Crippen LogP contribution in [0, 0.1) is 11.8 Å². The van der Waals surface area contributed by atoms with Crippen molar-refractivity contribution in [3.63, 3.8) is 0 Å². The summed E-state index contributed by atoms with van der Waals surface area (Å²) in [5, 5.41) is 0. The summed E-state index contributed by atoms with van der Waals surface area (Å²) < 4.78 is 38.5. The number of halogens is 3. The van der Waals surface area contributed by atoms with E-state index < -0.39 is 12.1 Å². The maximum absolute atomic E-state index is 12.8. The van der Waals surface area contributed by atoms with Gasteiger partial charge in [0.15, 0.2) is 0 Å². The van der Waals surface area contributed by atoms with E-state index in [2.05, 4.69) is 18.7 Å². The van der Waals surface area contributed by atoms with Crippen molar-refractivity contribution in [1.82, 2.24) is 4.90 Å². The van der Waals surface area contributed by atoms with Gasteiger partial charge in [0.25, 0.3) is 0 Å². The lowest BCUT2D eigenvalue weighted by Crippen LogP contribution is -2.59. The first kappa shape index (κ1) is 16.1. The SMILES string of the molecule is CC(C)N(CC1CC1)C1(CN)CCC(C(F)(F)F)CC1. The highest BCUT2D eigenvalue weighted by atomic mass is 19.4. The molecule has 0 aromatic heterocycles. The lowest BCUT2D eigenvalue weighted by atomic mass is 9.74. The zero-order valence-corrected chi connectivity index (χ0v) is 12.5. The van der Waals surface area contributed by atoms with E-state index in [0.717, 1.165) is 12.5 Å². The number of nitrogens with zero attached hydrogens (tertiary/aromatic N) is 1. The molecule has 0 bridgehead atoms. The quantitative estimate of drug-likeness (QED) is 0.839. The van der Waals surface area contributed by atoms with Crippen molar-refractivity contribution < 1.29 is 13.2 Å². The Balaban J connectivity index is 2.05. The number of rotatable bonds is 5. The fraction of sp³-hybridized carbons (Fsp3) is 1.00. The van der Waals surface area contributed by atoms with Crippen LogP contribution < -0.4 is 5.73 Å². The molecule has 118 valence electrons. The summed E-state index contributed by atoms with van der Waals surface area (Å²) in [6, 6.07) is 0.349. The monoisotopic (exact) mass is 292 g/mol. The normalized spacial score (nSPS) is 32.1. The second-order valence-electron chi connectivity index (χ2n) is 6.93. The van der Waals surface area contributed by atoms with Gasteiger partial charge in [-0.15, -0.1) is 0 Å². The molecule has 0 unspecified atom stereocenters. The molecule has 0 aromatic carbocycles. The largest absolute Gasteiger partial charge is 0.391 e. The minimum atomic E-state index is -4.04. The van der Waals surface area contributed by atoms with Gasteiger partial charge in [-0.1, -0.05) is 0 Å². The number of hydrogen-bond donors (Lipinski definition) is 1. The molecule has 0 saturated heterocycles. The summed E-state index contributed by atoms with van der Waals surface area (Å²) in [6.07, 6.45) is 0.102. The van der Waals surface area contributed by atoms with E-state index in [9.17, 15) is 13.2 Å². The first-order valence-corrected chi connectivity index (χ1v) is 7.82. The third-order valence-electron chi connectivity index (χ3n) is 5.14. The summed E-state index contributed by atoms with van der Waals surface area (Å²) in [7, 11) is 0. The fourth-order valence-electron chi connectivity index (χ4n) is 3.62. The highest BCUT2D eigenvalue weighted by Crippen LogP contribution is 2.44. The Morgan fingerprint density at radius 3 is 2.05 bits per heavy atom. The molecule has 5 heteroatoms. The van der Waals surface area contributed by atoms with Gasteiger partial charge < -0.3 is 5.73 Å². The lowest BCUT2D eigenvalue weighted by Gasteiger charge is -2.50. The molecule has 2 rings (SSSR count). The van der Waals surface area contributed by atoms with Gasteiger partial charge in [0, 0.05) is 24.7 Å². The molecule has 2 fully saturated rings. The summed E-state index contributed by atoms with van der Waals surface area (Å²) in [5.74, 6) is -0.390. The summed E-state index contributed by atoms with van der Waals surface area (Å²) in [4.78, 5) is 2.40. The third kappa shape index (κ3) is 3.48. The predicted octanol–water partition coefficient (Wildman–Crippen LogP) is 3.56. The van der Waals surface area contributed by atoms with Crippen LogP contribution in [-0.2, 0) is 0 Å². The molecule has 20 heavy (non-hydrogen) atoms. The van der Waals surface area contributed by atoms with E-state index in [1.165, 1.54) is 12.8 Å². The molecule has 2 saturated carbocycles. The van der Waals surface area contributed by atoms with Crippen LogP contribution in [0.4, 0.5) is 13.2 Å². The molecule has 0 amide bonds. The van der Waals surface area contributed by atoms with E-state index in [-0.39, 0.29) is 18.4 Å². The van der Waals surface area contributed by atoms with Crippen LogP contribution in [0.25, 0.3) is 0 Å². The maximum Gasteiger partial charge on any atom is 0.391 e. The van der Waals surface area contributed by atoms with Crippen LogP contribution in [0.3, 0.4) is 0 Å². The summed E-state index contributed by atoms with van der Waals surface area (Å²) in [6.45, 7) is 5.75. The Morgan fingerprint density at radius 1 is 1.15 bits per heavy atom. The van der Waals surface area contributed by atoms with E-state index in [0.29, 0.717) is 25.4 Å². The van der Waals surface area contributed by atoms with Gasteiger partial charge in [-0.3, -0.25) is 4.90 Å². The van der Waals surface area contributed by atoms with Gasteiger partial charge in [0.2, 0.25) is 0 Å². The highest BCUT2D eigenvalue weighted by molar-refractivity contribution is 4.99. The predicted molar refractivity (Wildman–Crippen MR) is 74.4 cm³/mol. The van der Waals surface area contributed by atoms with Crippen molar-refractivity contribution in [3.05, 3.63) is 0 Å². The Morgan fingerprint density at radius 2 is 1.70 bits per heavy atom. The first-order chi connectivity index (χ1) is 9.28. The zero-order chi connectivity index (χ0) is 15.0. The summed E-state index contributed by atoms with van der Waals surface area (Å²) >= 11 is 0. The van der Waals surface area contributed by atoms with Crippen molar-refractivity contribution in [2.75, 3.05) is 13.1 Å². The molecule has 0 atom stereocenters. The van der Waals surface area contributed by atoms with Gasteiger partial charge in [0.05, 0.1) is 5.92 Å². The van der Waals surface area contributed by atoms with Crippen LogP contribution in [0.1, 0.15) is 52.4 Å². The molecular weight excluding hydrogens is 265 g/mol. The standard InChI is InChI=1S/C15H27F3N2/c1-11(2)20(9-12-3-4-12)14(10-19)7-5-13(6-8-14)15(16,17)18/h11-13H,3-10,19H2,1-2H3. The Kier molecular flexibility index (Phi) is 4.69. The Hall–Kier alpha value is -0.290. The van der Waals surface area contributed by atoms with Crippen LogP contribution >= 0.6 is 0 Å². The molecule has 0 aliphatic heterocycles. The minimum Gasteiger partial charge on any atom is -0.329 e. The molecule has 0 heterocycles. The van der Waals surface area contributed by atoms with E-state index >= 15 is 0 Å². The van der Waals surface area contributed by atoms with E-state index in [4.69, 9.17) is 5.73 Å². The van der Waals surface area contributed by atoms with Gasteiger partial charge >= 0.3 is 6.18 Å². The third-order valence-corrected chi connectivity index (χ3v) is 5.14. The molecular formula is C15H27F3N2. The topological polar surface area (TPSA) is 29.3 Å².